The molecule has 1 amide bonds. The van der Waals surface area contributed by atoms with Crippen LogP contribution in [0.2, 0.25) is 0 Å². The summed E-state index contributed by atoms with van der Waals surface area (Å²) in [5.41, 5.74) is 4.79. The number of nitrogens with one attached hydrogen (secondary N) is 1. The Morgan fingerprint density at radius 1 is 1.17 bits per heavy atom. The van der Waals surface area contributed by atoms with Gasteiger partial charge in [0.05, 0.1) is 18.3 Å². The van der Waals surface area contributed by atoms with E-state index in [1.807, 2.05) is 57.2 Å². The first kappa shape index (κ1) is 20.0. The topological polar surface area (TPSA) is 60.5 Å². The molecule has 3 aromatic rings. The maximum Gasteiger partial charge on any atom is 0.251 e. The molecule has 5 heteroatoms. The minimum absolute atomic E-state index is 0.0994. The van der Waals surface area contributed by atoms with E-state index in [1.165, 1.54) is 0 Å². The van der Waals surface area contributed by atoms with Gasteiger partial charge in [0.1, 0.15) is 17.6 Å². The van der Waals surface area contributed by atoms with Crippen LogP contribution < -0.4 is 14.8 Å². The van der Waals surface area contributed by atoms with Crippen molar-refractivity contribution < 1.29 is 14.3 Å². The van der Waals surface area contributed by atoms with Crippen LogP contribution in [0.1, 0.15) is 35.3 Å². The van der Waals surface area contributed by atoms with Crippen LogP contribution in [-0.2, 0) is 6.42 Å². The molecule has 2 heterocycles. The first-order valence-electron chi connectivity index (χ1n) is 10.3. The Bertz CT molecular complexity index is 1040. The van der Waals surface area contributed by atoms with Crippen molar-refractivity contribution in [1.29, 1.82) is 0 Å². The van der Waals surface area contributed by atoms with E-state index in [2.05, 4.69) is 16.4 Å². The van der Waals surface area contributed by atoms with E-state index < -0.39 is 0 Å². The Morgan fingerprint density at radius 2 is 1.97 bits per heavy atom. The molecule has 0 saturated heterocycles. The second-order valence-corrected chi connectivity index (χ2v) is 7.81. The largest absolute Gasteiger partial charge is 0.491 e. The fourth-order valence-electron chi connectivity index (χ4n) is 3.67. The number of hydrogen-bond donors (Lipinski definition) is 1. The smallest absolute Gasteiger partial charge is 0.251 e. The number of hydrogen-bond acceptors (Lipinski definition) is 4. The number of aromatic nitrogens is 1. The van der Waals surface area contributed by atoms with Gasteiger partial charge in [-0.05, 0) is 68.3 Å². The van der Waals surface area contributed by atoms with E-state index in [-0.39, 0.29) is 18.1 Å². The Balaban J connectivity index is 1.40. The van der Waals surface area contributed by atoms with Gasteiger partial charge >= 0.3 is 0 Å². The molecule has 1 unspecified atom stereocenters. The highest BCUT2D eigenvalue weighted by Crippen LogP contribution is 2.38. The molecule has 0 spiro atoms. The number of rotatable bonds is 6. The molecule has 5 nitrogen and oxygen atoms in total. The van der Waals surface area contributed by atoms with E-state index in [0.717, 1.165) is 40.3 Å². The molecule has 30 heavy (non-hydrogen) atoms. The van der Waals surface area contributed by atoms with Crippen LogP contribution in [0.25, 0.3) is 11.3 Å². The van der Waals surface area contributed by atoms with E-state index in [9.17, 15) is 4.79 Å². The van der Waals surface area contributed by atoms with Crippen LogP contribution in [0, 0.1) is 6.92 Å². The van der Waals surface area contributed by atoms with Gasteiger partial charge in [-0.1, -0.05) is 18.2 Å². The third-order valence-electron chi connectivity index (χ3n) is 5.07. The van der Waals surface area contributed by atoms with Crippen molar-refractivity contribution in [2.45, 2.75) is 39.4 Å². The number of ether oxygens (including phenoxy) is 2. The Hall–Kier alpha value is -3.34. The van der Waals surface area contributed by atoms with Gasteiger partial charge in [-0.25, -0.2) is 0 Å². The zero-order valence-corrected chi connectivity index (χ0v) is 17.5. The summed E-state index contributed by atoms with van der Waals surface area (Å²) in [6.07, 6.45) is 2.56. The van der Waals surface area contributed by atoms with Crippen LogP contribution in [0.4, 0.5) is 0 Å². The third kappa shape index (κ3) is 4.30. The number of fused-ring (bicyclic) bond motifs is 1. The second-order valence-electron chi connectivity index (χ2n) is 7.81. The molecule has 0 radical (unpaired) electrons. The molecule has 0 aliphatic carbocycles. The van der Waals surface area contributed by atoms with Crippen molar-refractivity contribution in [3.05, 3.63) is 77.5 Å². The molecular weight excluding hydrogens is 376 g/mol. The Kier molecular flexibility index (Phi) is 5.70. The molecule has 154 valence electrons. The minimum atomic E-state index is -0.119. The number of para-hydroxylation sites is 1. The highest BCUT2D eigenvalue weighted by molar-refractivity contribution is 5.94. The molecule has 1 aliphatic rings. The lowest BCUT2D eigenvalue weighted by Crippen LogP contribution is -2.34. The lowest BCUT2D eigenvalue weighted by molar-refractivity contribution is 0.0933. The summed E-state index contributed by atoms with van der Waals surface area (Å²) in [7, 11) is 0. The van der Waals surface area contributed by atoms with Gasteiger partial charge in [-0.15, -0.1) is 0 Å². The average molecular weight is 402 g/mol. The second kappa shape index (κ2) is 8.57. The normalized spacial score (nSPS) is 14.9. The maximum absolute atomic E-state index is 12.5. The molecule has 1 atom stereocenters. The summed E-state index contributed by atoms with van der Waals surface area (Å²) in [6, 6.07) is 17.3. The molecular formula is C25H26N2O3. The molecule has 1 aliphatic heterocycles. The first-order chi connectivity index (χ1) is 14.5. The number of amides is 1. The van der Waals surface area contributed by atoms with Crippen molar-refractivity contribution in [3.63, 3.8) is 0 Å². The number of aryl methyl sites for hydroxylation is 1. The van der Waals surface area contributed by atoms with E-state index >= 15 is 0 Å². The molecule has 1 N–H and O–H groups in total. The van der Waals surface area contributed by atoms with E-state index in [1.54, 1.807) is 18.3 Å². The lowest BCUT2D eigenvalue weighted by Gasteiger charge is -2.14. The van der Waals surface area contributed by atoms with Crippen LogP contribution >= 0.6 is 0 Å². The monoisotopic (exact) mass is 402 g/mol. The zero-order chi connectivity index (χ0) is 21.1. The Labute approximate surface area is 177 Å². The summed E-state index contributed by atoms with van der Waals surface area (Å²) in [5.74, 6) is 1.51. The van der Waals surface area contributed by atoms with Crippen LogP contribution in [-0.4, -0.2) is 29.6 Å². The van der Waals surface area contributed by atoms with Crippen LogP contribution in [0.3, 0.4) is 0 Å². The predicted octanol–water partition coefficient (Wildman–Crippen LogP) is 4.58. The van der Waals surface area contributed by atoms with Gasteiger partial charge in [0.15, 0.2) is 0 Å². The van der Waals surface area contributed by atoms with Crippen LogP contribution in [0.15, 0.2) is 60.8 Å². The van der Waals surface area contributed by atoms with E-state index in [0.29, 0.717) is 12.1 Å². The number of carbonyl (C=O) groups is 1. The predicted molar refractivity (Wildman–Crippen MR) is 117 cm³/mol. The summed E-state index contributed by atoms with van der Waals surface area (Å²) in [6.45, 7) is 6.44. The SMILES string of the molecule is Cc1cccnc1-c1cccc2c1OC(CNC(=O)c1ccc(OC(C)C)cc1)C2. The first-order valence-corrected chi connectivity index (χ1v) is 10.3. The van der Waals surface area contributed by atoms with Crippen molar-refractivity contribution in [2.24, 2.45) is 0 Å². The standard InChI is InChI=1S/C25H26N2O3/c1-16(2)29-20-11-9-18(10-12-20)25(28)27-15-21-14-19-7-4-8-22(24(19)30-21)23-17(3)6-5-13-26-23/h4-13,16,21H,14-15H2,1-3H3,(H,27,28). The molecule has 2 aromatic carbocycles. The van der Waals surface area contributed by atoms with Gasteiger partial charge < -0.3 is 14.8 Å². The van der Waals surface area contributed by atoms with Gasteiger partial charge in [-0.3, -0.25) is 9.78 Å². The fraction of sp³-hybridized carbons (Fsp3) is 0.280. The zero-order valence-electron chi connectivity index (χ0n) is 17.5. The summed E-state index contributed by atoms with van der Waals surface area (Å²) >= 11 is 0. The molecule has 0 bridgehead atoms. The minimum Gasteiger partial charge on any atom is -0.491 e. The summed E-state index contributed by atoms with van der Waals surface area (Å²) < 4.78 is 11.8. The number of benzene rings is 2. The quantitative estimate of drug-likeness (QED) is 0.656. The summed E-state index contributed by atoms with van der Waals surface area (Å²) in [4.78, 5) is 17.1. The van der Waals surface area contributed by atoms with Gasteiger partial charge in [0.2, 0.25) is 0 Å². The van der Waals surface area contributed by atoms with Gasteiger partial charge in [0.25, 0.3) is 5.91 Å². The van der Waals surface area contributed by atoms with Crippen molar-refractivity contribution in [1.82, 2.24) is 10.3 Å². The highest BCUT2D eigenvalue weighted by atomic mass is 16.5. The van der Waals surface area contributed by atoms with Crippen LogP contribution in [0.5, 0.6) is 11.5 Å². The third-order valence-corrected chi connectivity index (χ3v) is 5.07. The summed E-state index contributed by atoms with van der Waals surface area (Å²) in [5, 5.41) is 2.99. The number of pyridine rings is 1. The average Bonchev–Trinajstić information content (AvgIpc) is 3.16. The lowest BCUT2D eigenvalue weighted by atomic mass is 10.0. The van der Waals surface area contributed by atoms with Crippen molar-refractivity contribution in [2.75, 3.05) is 6.54 Å². The van der Waals surface area contributed by atoms with Gasteiger partial charge in [0, 0.05) is 23.7 Å². The van der Waals surface area contributed by atoms with E-state index in [4.69, 9.17) is 9.47 Å². The number of carbonyl (C=O) groups excluding carboxylic acids is 1. The molecule has 0 saturated carbocycles. The van der Waals surface area contributed by atoms with Crippen molar-refractivity contribution >= 4 is 5.91 Å². The Morgan fingerprint density at radius 3 is 2.70 bits per heavy atom. The fourth-order valence-corrected chi connectivity index (χ4v) is 3.67. The maximum atomic E-state index is 12.5. The molecule has 1 aromatic heterocycles. The molecule has 4 rings (SSSR count). The van der Waals surface area contributed by atoms with Gasteiger partial charge in [-0.2, -0.15) is 0 Å². The number of nitrogens with zero attached hydrogens (tertiary/aromatic N) is 1. The van der Waals surface area contributed by atoms with Crippen molar-refractivity contribution in [3.8, 4) is 22.8 Å². The highest BCUT2D eigenvalue weighted by Gasteiger charge is 2.27. The molecule has 0 fully saturated rings.